The van der Waals surface area contributed by atoms with Crippen LogP contribution in [-0.4, -0.2) is 46.9 Å². The van der Waals surface area contributed by atoms with Crippen LogP contribution in [0.25, 0.3) is 0 Å². The summed E-state index contributed by atoms with van der Waals surface area (Å²) in [5, 5.41) is 20.4. The number of allylic oxidation sites excluding steroid dienone is 1. The molecule has 2 aromatic rings. The van der Waals surface area contributed by atoms with Crippen LogP contribution < -0.4 is 11.1 Å². The number of nitrogens with two attached hydrogens (primary N) is 1. The second-order valence-corrected chi connectivity index (χ2v) is 9.32. The molecule has 0 radical (unpaired) electrons. The molecule has 1 unspecified atom stereocenters. The molecule has 37 heavy (non-hydrogen) atoms. The third-order valence-electron chi connectivity index (χ3n) is 6.14. The minimum absolute atomic E-state index is 0.0628. The third kappa shape index (κ3) is 8.09. The number of halogens is 3. The molecule has 1 saturated carbocycles. The van der Waals surface area contributed by atoms with Crippen molar-refractivity contribution < 1.29 is 23.1 Å². The van der Waals surface area contributed by atoms with Crippen molar-refractivity contribution in [3.05, 3.63) is 70.9 Å². The van der Waals surface area contributed by atoms with E-state index >= 15 is 0 Å². The Morgan fingerprint density at radius 2 is 1.95 bits per heavy atom. The molecule has 0 aliphatic heterocycles. The summed E-state index contributed by atoms with van der Waals surface area (Å²) in [4.78, 5) is 18.5. The highest BCUT2D eigenvalue weighted by molar-refractivity contribution is 6.06. The second-order valence-electron chi connectivity index (χ2n) is 9.32. The zero-order chi connectivity index (χ0) is 27.2. The van der Waals surface area contributed by atoms with E-state index in [9.17, 15) is 23.1 Å². The average molecular weight is 516 g/mol. The lowest BCUT2D eigenvalue weighted by atomic mass is 9.84. The number of aliphatic imine (C=N–C) groups is 1. The highest BCUT2D eigenvalue weighted by atomic mass is 19.4. The molecule has 0 saturated heterocycles. The van der Waals surface area contributed by atoms with Crippen molar-refractivity contribution in [3.8, 4) is 5.75 Å². The van der Waals surface area contributed by atoms with Crippen molar-refractivity contribution in [2.45, 2.75) is 45.7 Å². The van der Waals surface area contributed by atoms with E-state index < -0.39 is 31.0 Å². The summed E-state index contributed by atoms with van der Waals surface area (Å²) < 4.78 is 38.8. The molecule has 2 aromatic carbocycles. The molecule has 7 nitrogen and oxygen atoms in total. The Balaban J connectivity index is 1.80. The Hall–Kier alpha value is -3.82. The number of rotatable bonds is 6. The van der Waals surface area contributed by atoms with Crippen molar-refractivity contribution in [1.29, 1.82) is 5.41 Å². The third-order valence-corrected chi connectivity index (χ3v) is 6.14. The van der Waals surface area contributed by atoms with Gasteiger partial charge >= 0.3 is 12.2 Å². The molecule has 1 aliphatic rings. The summed E-state index contributed by atoms with van der Waals surface area (Å²) in [6, 6.07) is 12.2. The topological polar surface area (TPSA) is 115 Å². The Bertz CT molecular complexity index is 1190. The normalized spacial score (nSPS) is 18.4. The van der Waals surface area contributed by atoms with Gasteiger partial charge < -0.3 is 16.2 Å². The average Bonchev–Trinajstić information content (AvgIpc) is 2.82. The number of aromatic hydroxyl groups is 1. The summed E-state index contributed by atoms with van der Waals surface area (Å²) in [5.74, 6) is -0.0633. The fourth-order valence-electron chi connectivity index (χ4n) is 4.10. The summed E-state index contributed by atoms with van der Waals surface area (Å²) in [7, 11) is 0. The molecular weight excluding hydrogens is 483 g/mol. The molecule has 198 valence electrons. The molecule has 5 N–H and O–H groups in total. The highest BCUT2D eigenvalue weighted by Crippen LogP contribution is 2.29. The van der Waals surface area contributed by atoms with Crippen LogP contribution in [0.5, 0.6) is 5.75 Å². The minimum Gasteiger partial charge on any atom is -0.508 e. The standard InChI is InChI=1S/C27H32F3N5O2/c1-17-4-3-5-20(14-17)34-24-15-18(2)6-11-22(24)23(31)16-33-26(37)35(13-12-27(28,29)30)25(32)19-7-9-21(36)10-8-19/h3-5,7-10,14,18,32,36H,6,11-13,15-16,31H2,1-2H3,(H,33,37)/b23-22-,32-25?,34-24?. The number of benzene rings is 2. The van der Waals surface area contributed by atoms with Gasteiger partial charge in [-0.2, -0.15) is 13.2 Å². The molecule has 1 fully saturated rings. The van der Waals surface area contributed by atoms with Gasteiger partial charge in [0, 0.05) is 23.5 Å². The molecule has 1 aliphatic carbocycles. The van der Waals surface area contributed by atoms with E-state index in [0.29, 0.717) is 18.0 Å². The number of aryl methyl sites for hydroxylation is 1. The van der Waals surface area contributed by atoms with Gasteiger partial charge in [0.25, 0.3) is 0 Å². The number of phenolic OH excluding ortho intramolecular Hbond substituents is 1. The van der Waals surface area contributed by atoms with Crippen LogP contribution in [0.15, 0.2) is 64.8 Å². The zero-order valence-corrected chi connectivity index (χ0v) is 20.9. The molecule has 0 bridgehead atoms. The van der Waals surface area contributed by atoms with Gasteiger partial charge in [0.2, 0.25) is 0 Å². The Morgan fingerprint density at radius 3 is 2.59 bits per heavy atom. The number of carbonyl (C=O) groups excluding carboxylic acids is 1. The lowest BCUT2D eigenvalue weighted by molar-refractivity contribution is -0.135. The quantitative estimate of drug-likeness (QED) is 0.288. The van der Waals surface area contributed by atoms with Crippen molar-refractivity contribution >= 4 is 23.3 Å². The van der Waals surface area contributed by atoms with Crippen LogP contribution in [0.2, 0.25) is 0 Å². The molecule has 0 spiro atoms. The Kier molecular flexibility index (Phi) is 8.96. The van der Waals surface area contributed by atoms with Gasteiger partial charge in [-0.1, -0.05) is 19.1 Å². The largest absolute Gasteiger partial charge is 0.508 e. The number of urea groups is 1. The van der Waals surface area contributed by atoms with Crippen molar-refractivity contribution in [2.24, 2.45) is 16.6 Å². The van der Waals surface area contributed by atoms with E-state index in [1.165, 1.54) is 24.3 Å². The predicted octanol–water partition coefficient (Wildman–Crippen LogP) is 5.80. The maximum absolute atomic E-state index is 12.9. The van der Waals surface area contributed by atoms with Gasteiger partial charge in [-0.05, 0) is 79.6 Å². The number of hydrogen-bond donors (Lipinski definition) is 4. The van der Waals surface area contributed by atoms with Crippen LogP contribution in [0.3, 0.4) is 0 Å². The zero-order valence-electron chi connectivity index (χ0n) is 20.9. The molecule has 2 amide bonds. The van der Waals surface area contributed by atoms with E-state index in [0.717, 1.165) is 40.3 Å². The van der Waals surface area contributed by atoms with Crippen LogP contribution in [0.1, 0.15) is 43.7 Å². The van der Waals surface area contributed by atoms with Crippen LogP contribution >= 0.6 is 0 Å². The number of amidine groups is 1. The predicted molar refractivity (Wildman–Crippen MR) is 138 cm³/mol. The van der Waals surface area contributed by atoms with Crippen LogP contribution in [0.4, 0.5) is 23.7 Å². The van der Waals surface area contributed by atoms with Gasteiger partial charge in [-0.25, -0.2) is 4.79 Å². The SMILES string of the molecule is Cc1cccc(N=C2CC(C)CC/C2=C(/N)CNC(=O)N(CCC(F)(F)F)C(=N)c2ccc(O)cc2)c1. The van der Waals surface area contributed by atoms with E-state index in [1.54, 1.807) is 0 Å². The number of alkyl halides is 3. The van der Waals surface area contributed by atoms with E-state index in [2.05, 4.69) is 12.2 Å². The molecular formula is C27H32F3N5O2. The minimum atomic E-state index is -4.51. The van der Waals surface area contributed by atoms with Gasteiger partial charge in [-0.15, -0.1) is 0 Å². The fraction of sp³-hybridized carbons (Fsp3) is 0.370. The molecule has 0 aromatic heterocycles. The van der Waals surface area contributed by atoms with E-state index in [4.69, 9.17) is 16.1 Å². The first-order valence-electron chi connectivity index (χ1n) is 12.0. The molecule has 10 heteroatoms. The summed E-state index contributed by atoms with van der Waals surface area (Å²) in [6.07, 6.45) is -3.48. The van der Waals surface area contributed by atoms with Crippen molar-refractivity contribution in [3.63, 3.8) is 0 Å². The number of carbonyl (C=O) groups is 1. The monoisotopic (exact) mass is 515 g/mol. The van der Waals surface area contributed by atoms with Crippen molar-refractivity contribution in [1.82, 2.24) is 10.2 Å². The summed E-state index contributed by atoms with van der Waals surface area (Å²) >= 11 is 0. The maximum Gasteiger partial charge on any atom is 0.390 e. The van der Waals surface area contributed by atoms with Gasteiger partial charge in [-0.3, -0.25) is 15.3 Å². The number of amides is 2. The van der Waals surface area contributed by atoms with Crippen LogP contribution in [-0.2, 0) is 0 Å². The first kappa shape index (κ1) is 27.8. The molecule has 0 heterocycles. The number of nitrogens with zero attached hydrogens (tertiary/aromatic N) is 2. The lowest BCUT2D eigenvalue weighted by Crippen LogP contribution is -2.46. The van der Waals surface area contributed by atoms with E-state index in [1.807, 2.05) is 31.2 Å². The summed E-state index contributed by atoms with van der Waals surface area (Å²) in [6.45, 7) is 3.28. The number of phenols is 1. The van der Waals surface area contributed by atoms with Crippen molar-refractivity contribution in [2.75, 3.05) is 13.1 Å². The maximum atomic E-state index is 12.9. The fourth-order valence-corrected chi connectivity index (χ4v) is 4.10. The first-order chi connectivity index (χ1) is 17.4. The first-order valence-corrected chi connectivity index (χ1v) is 12.0. The van der Waals surface area contributed by atoms with Crippen LogP contribution in [0, 0.1) is 18.3 Å². The Labute approximate surface area is 214 Å². The lowest BCUT2D eigenvalue weighted by Gasteiger charge is -2.26. The second kappa shape index (κ2) is 11.9. The van der Waals surface area contributed by atoms with Gasteiger partial charge in [0.15, 0.2) is 0 Å². The molecule has 3 rings (SSSR count). The highest BCUT2D eigenvalue weighted by Gasteiger charge is 2.31. The number of hydrogen-bond acceptors (Lipinski definition) is 5. The Morgan fingerprint density at radius 1 is 1.24 bits per heavy atom. The van der Waals surface area contributed by atoms with E-state index in [-0.39, 0.29) is 17.9 Å². The van der Waals surface area contributed by atoms with Gasteiger partial charge in [0.1, 0.15) is 11.6 Å². The smallest absolute Gasteiger partial charge is 0.390 e. The number of nitrogens with one attached hydrogen (secondary N) is 2. The summed E-state index contributed by atoms with van der Waals surface area (Å²) in [5.41, 5.74) is 10.5. The van der Waals surface area contributed by atoms with Gasteiger partial charge in [0.05, 0.1) is 18.7 Å². The molecule has 1 atom stereocenters.